The zero-order valence-corrected chi connectivity index (χ0v) is 14.7. The molecule has 0 unspecified atom stereocenters. The van der Waals surface area contributed by atoms with Gasteiger partial charge >= 0.3 is 0 Å². The van der Waals surface area contributed by atoms with Crippen LogP contribution in [0.25, 0.3) is 16.7 Å². The molecule has 0 aliphatic carbocycles. The van der Waals surface area contributed by atoms with E-state index >= 15 is 0 Å². The molecule has 0 aliphatic rings. The van der Waals surface area contributed by atoms with Crippen molar-refractivity contribution < 1.29 is 4.79 Å². The van der Waals surface area contributed by atoms with Gasteiger partial charge in [-0.3, -0.25) is 10.1 Å². The average Bonchev–Trinajstić information content (AvgIpc) is 3.24. The van der Waals surface area contributed by atoms with Crippen LogP contribution >= 0.6 is 0 Å². The largest absolute Gasteiger partial charge is 0.310 e. The van der Waals surface area contributed by atoms with E-state index in [0.717, 1.165) is 29.0 Å². The first kappa shape index (κ1) is 16.1. The SMILES string of the molecule is CCn1c(NC(=O)c2ccc(-n3nccc3C)cc2)nc2ccccc21. The summed E-state index contributed by atoms with van der Waals surface area (Å²) in [5, 5.41) is 7.20. The van der Waals surface area contributed by atoms with E-state index < -0.39 is 0 Å². The molecule has 4 aromatic rings. The monoisotopic (exact) mass is 345 g/mol. The van der Waals surface area contributed by atoms with Crippen molar-refractivity contribution in [2.45, 2.75) is 20.4 Å². The van der Waals surface area contributed by atoms with E-state index in [9.17, 15) is 4.79 Å². The molecule has 2 aromatic carbocycles. The second-order valence-corrected chi connectivity index (χ2v) is 6.05. The summed E-state index contributed by atoms with van der Waals surface area (Å²) < 4.78 is 3.83. The summed E-state index contributed by atoms with van der Waals surface area (Å²) in [4.78, 5) is 17.2. The molecule has 1 amide bonds. The van der Waals surface area contributed by atoms with Crippen LogP contribution in [0.5, 0.6) is 0 Å². The zero-order valence-electron chi connectivity index (χ0n) is 14.7. The molecule has 0 saturated heterocycles. The zero-order chi connectivity index (χ0) is 18.1. The second kappa shape index (κ2) is 6.48. The number of para-hydroxylation sites is 2. The van der Waals surface area contributed by atoms with Gasteiger partial charge in [-0.05, 0) is 56.3 Å². The number of aromatic nitrogens is 4. The number of aryl methyl sites for hydroxylation is 2. The first-order valence-corrected chi connectivity index (χ1v) is 8.55. The Morgan fingerprint density at radius 2 is 1.85 bits per heavy atom. The molecule has 0 atom stereocenters. The lowest BCUT2D eigenvalue weighted by molar-refractivity contribution is 0.102. The van der Waals surface area contributed by atoms with Crippen LogP contribution in [0.15, 0.2) is 60.8 Å². The molecule has 0 aliphatic heterocycles. The fourth-order valence-corrected chi connectivity index (χ4v) is 3.06. The van der Waals surface area contributed by atoms with Crippen LogP contribution in [0.1, 0.15) is 23.0 Å². The molecule has 2 aromatic heterocycles. The van der Waals surface area contributed by atoms with E-state index in [-0.39, 0.29) is 5.91 Å². The van der Waals surface area contributed by atoms with Gasteiger partial charge in [0.25, 0.3) is 5.91 Å². The lowest BCUT2D eigenvalue weighted by atomic mass is 10.2. The van der Waals surface area contributed by atoms with Gasteiger partial charge in [-0.2, -0.15) is 5.10 Å². The molecule has 2 heterocycles. The van der Waals surface area contributed by atoms with E-state index in [1.807, 2.05) is 65.6 Å². The molecule has 130 valence electrons. The van der Waals surface area contributed by atoms with Crippen molar-refractivity contribution in [1.82, 2.24) is 19.3 Å². The van der Waals surface area contributed by atoms with E-state index in [1.54, 1.807) is 18.3 Å². The van der Waals surface area contributed by atoms with Crippen LogP contribution in [-0.2, 0) is 6.54 Å². The molecule has 6 nitrogen and oxygen atoms in total. The molecular formula is C20H19N5O. The Balaban J connectivity index is 1.60. The van der Waals surface area contributed by atoms with Gasteiger partial charge in [0.05, 0.1) is 16.7 Å². The van der Waals surface area contributed by atoms with E-state index in [2.05, 4.69) is 15.4 Å². The van der Waals surface area contributed by atoms with Crippen molar-refractivity contribution in [2.24, 2.45) is 0 Å². The van der Waals surface area contributed by atoms with Gasteiger partial charge in [0.1, 0.15) is 0 Å². The molecule has 6 heteroatoms. The van der Waals surface area contributed by atoms with Crippen LogP contribution in [0.2, 0.25) is 0 Å². The Morgan fingerprint density at radius 3 is 2.54 bits per heavy atom. The highest BCUT2D eigenvalue weighted by Gasteiger charge is 2.13. The molecular weight excluding hydrogens is 326 g/mol. The van der Waals surface area contributed by atoms with E-state index in [1.165, 1.54) is 0 Å². The minimum Gasteiger partial charge on any atom is -0.310 e. The normalized spacial score (nSPS) is 11.0. The van der Waals surface area contributed by atoms with Crippen molar-refractivity contribution >= 4 is 22.9 Å². The maximum atomic E-state index is 12.6. The number of hydrogen-bond acceptors (Lipinski definition) is 3. The number of carbonyl (C=O) groups is 1. The third kappa shape index (κ3) is 2.75. The predicted molar refractivity (Wildman–Crippen MR) is 102 cm³/mol. The van der Waals surface area contributed by atoms with Crippen LogP contribution in [-0.4, -0.2) is 25.2 Å². The molecule has 0 spiro atoms. The summed E-state index contributed by atoms with van der Waals surface area (Å²) >= 11 is 0. The highest BCUT2D eigenvalue weighted by molar-refractivity contribution is 6.04. The molecule has 26 heavy (non-hydrogen) atoms. The minimum atomic E-state index is -0.182. The van der Waals surface area contributed by atoms with Gasteiger partial charge in [0, 0.05) is 24.0 Å². The lowest BCUT2D eigenvalue weighted by Crippen LogP contribution is -2.16. The predicted octanol–water partition coefficient (Wildman–Crippen LogP) is 3.80. The highest BCUT2D eigenvalue weighted by atomic mass is 16.1. The summed E-state index contributed by atoms with van der Waals surface area (Å²) in [6.45, 7) is 4.75. The summed E-state index contributed by atoms with van der Waals surface area (Å²) in [5.74, 6) is 0.379. The quantitative estimate of drug-likeness (QED) is 0.612. The number of hydrogen-bond donors (Lipinski definition) is 1. The second-order valence-electron chi connectivity index (χ2n) is 6.05. The van der Waals surface area contributed by atoms with Gasteiger partial charge in [-0.25, -0.2) is 9.67 Å². The third-order valence-electron chi connectivity index (χ3n) is 4.40. The summed E-state index contributed by atoms with van der Waals surface area (Å²) in [6, 6.07) is 17.2. The number of amides is 1. The number of nitrogens with one attached hydrogen (secondary N) is 1. The highest BCUT2D eigenvalue weighted by Crippen LogP contribution is 2.20. The van der Waals surface area contributed by atoms with E-state index in [0.29, 0.717) is 11.5 Å². The number of anilines is 1. The van der Waals surface area contributed by atoms with Crippen molar-refractivity contribution in [3.05, 3.63) is 72.1 Å². The number of carbonyl (C=O) groups excluding carboxylic acids is 1. The van der Waals surface area contributed by atoms with Crippen molar-refractivity contribution in [2.75, 3.05) is 5.32 Å². The Kier molecular flexibility index (Phi) is 4.01. The fraction of sp³-hybridized carbons (Fsp3) is 0.150. The lowest BCUT2D eigenvalue weighted by Gasteiger charge is -2.09. The van der Waals surface area contributed by atoms with Crippen molar-refractivity contribution in [3.8, 4) is 5.69 Å². The summed E-state index contributed by atoms with van der Waals surface area (Å²) in [7, 11) is 0. The summed E-state index contributed by atoms with van der Waals surface area (Å²) in [6.07, 6.45) is 1.76. The average molecular weight is 345 g/mol. The molecule has 0 saturated carbocycles. The first-order valence-electron chi connectivity index (χ1n) is 8.55. The topological polar surface area (TPSA) is 64.7 Å². The Morgan fingerprint density at radius 1 is 1.08 bits per heavy atom. The molecule has 0 radical (unpaired) electrons. The number of benzene rings is 2. The summed E-state index contributed by atoms with van der Waals surface area (Å²) in [5.41, 5.74) is 4.42. The van der Waals surface area contributed by atoms with Crippen LogP contribution in [0, 0.1) is 6.92 Å². The van der Waals surface area contributed by atoms with Gasteiger partial charge in [0.2, 0.25) is 5.95 Å². The fourth-order valence-electron chi connectivity index (χ4n) is 3.06. The smallest absolute Gasteiger partial charge is 0.257 e. The van der Waals surface area contributed by atoms with Crippen LogP contribution in [0.4, 0.5) is 5.95 Å². The molecule has 0 bridgehead atoms. The van der Waals surface area contributed by atoms with Gasteiger partial charge < -0.3 is 4.57 Å². The van der Waals surface area contributed by atoms with Crippen molar-refractivity contribution in [1.29, 1.82) is 0 Å². The minimum absolute atomic E-state index is 0.182. The Bertz CT molecular complexity index is 1080. The Labute approximate surface area is 151 Å². The third-order valence-corrected chi connectivity index (χ3v) is 4.40. The maximum Gasteiger partial charge on any atom is 0.257 e. The van der Waals surface area contributed by atoms with E-state index in [4.69, 9.17) is 0 Å². The van der Waals surface area contributed by atoms with Crippen LogP contribution < -0.4 is 5.32 Å². The number of rotatable bonds is 4. The van der Waals surface area contributed by atoms with Gasteiger partial charge in [-0.15, -0.1) is 0 Å². The number of nitrogens with zero attached hydrogens (tertiary/aromatic N) is 4. The first-order chi connectivity index (χ1) is 12.7. The molecule has 4 rings (SSSR count). The van der Waals surface area contributed by atoms with Gasteiger partial charge in [0.15, 0.2) is 0 Å². The molecule has 0 fully saturated rings. The number of imidazole rings is 1. The maximum absolute atomic E-state index is 12.6. The number of fused-ring (bicyclic) bond motifs is 1. The Hall–Kier alpha value is -3.41. The van der Waals surface area contributed by atoms with Crippen molar-refractivity contribution in [3.63, 3.8) is 0 Å². The standard InChI is InChI=1S/C20H19N5O/c1-3-24-18-7-5-4-6-17(18)22-20(24)23-19(26)15-8-10-16(11-9-15)25-14(2)12-13-21-25/h4-13H,3H2,1-2H3,(H,22,23,26). The van der Waals surface area contributed by atoms with Crippen LogP contribution in [0.3, 0.4) is 0 Å². The van der Waals surface area contributed by atoms with Gasteiger partial charge in [-0.1, -0.05) is 12.1 Å². The molecule has 1 N–H and O–H groups in total.